The Kier molecular flexibility index (Phi) is 6.58. The zero-order valence-electron chi connectivity index (χ0n) is 18.6. The monoisotopic (exact) mass is 443 g/mol. The molecule has 0 radical (unpaired) electrons. The number of hydrogen-bond acceptors (Lipinski definition) is 4. The summed E-state index contributed by atoms with van der Waals surface area (Å²) in [6.07, 6.45) is 3.73. The number of amides is 1. The van der Waals surface area contributed by atoms with E-state index in [0.717, 1.165) is 49.9 Å². The molecule has 1 amide bonds. The predicted octanol–water partition coefficient (Wildman–Crippen LogP) is 2.99. The summed E-state index contributed by atoms with van der Waals surface area (Å²) in [5.41, 5.74) is 2.95. The Morgan fingerprint density at radius 3 is 2.35 bits per heavy atom. The van der Waals surface area contributed by atoms with Gasteiger partial charge in [-0.05, 0) is 62.4 Å². The molecule has 2 heterocycles. The fourth-order valence-corrected chi connectivity index (χ4v) is 5.55. The highest BCUT2D eigenvalue weighted by Gasteiger charge is 2.44. The van der Waals surface area contributed by atoms with Gasteiger partial charge in [-0.25, -0.2) is 0 Å². The van der Waals surface area contributed by atoms with E-state index in [-0.39, 0.29) is 5.91 Å². The van der Waals surface area contributed by atoms with Crippen LogP contribution in [-0.4, -0.2) is 67.9 Å². The van der Waals surface area contributed by atoms with Crippen LogP contribution in [0.25, 0.3) is 0 Å². The van der Waals surface area contributed by atoms with Gasteiger partial charge >= 0.3 is 0 Å². The highest BCUT2D eigenvalue weighted by atomic mass is 35.5. The molecule has 1 aromatic carbocycles. The lowest BCUT2D eigenvalue weighted by atomic mass is 9.72. The number of rotatable bonds is 4. The zero-order valence-corrected chi connectivity index (χ0v) is 19.4. The maximum Gasteiger partial charge on any atom is 0.233 e. The fourth-order valence-electron chi connectivity index (χ4n) is 5.43. The van der Waals surface area contributed by atoms with Crippen LogP contribution in [0.4, 0.5) is 0 Å². The van der Waals surface area contributed by atoms with Gasteiger partial charge in [0.15, 0.2) is 0 Å². The lowest BCUT2D eigenvalue weighted by Gasteiger charge is -2.44. The van der Waals surface area contributed by atoms with Crippen LogP contribution in [0, 0.1) is 11.3 Å². The number of carbonyl (C=O) groups is 1. The molecule has 168 valence electrons. The summed E-state index contributed by atoms with van der Waals surface area (Å²) in [5.74, 6) is 1.28. The minimum absolute atomic E-state index is 0.229. The van der Waals surface area contributed by atoms with Crippen LogP contribution in [-0.2, 0) is 10.2 Å². The summed E-state index contributed by atoms with van der Waals surface area (Å²) in [6.45, 7) is 6.66. The molecule has 7 heteroatoms. The fraction of sp³-hybridized carbons (Fsp3) is 0.583. The van der Waals surface area contributed by atoms with Crippen molar-refractivity contribution in [3.63, 3.8) is 0 Å². The van der Waals surface area contributed by atoms with Gasteiger partial charge in [0.1, 0.15) is 5.84 Å². The third kappa shape index (κ3) is 4.20. The van der Waals surface area contributed by atoms with Crippen LogP contribution in [0.2, 0.25) is 5.02 Å². The maximum absolute atomic E-state index is 13.8. The number of carbonyl (C=O) groups excluding carboxylic acids is 1. The second-order valence-corrected chi connectivity index (χ2v) is 9.49. The summed E-state index contributed by atoms with van der Waals surface area (Å²) in [7, 11) is 1.95. The van der Waals surface area contributed by atoms with E-state index >= 15 is 0 Å². The van der Waals surface area contributed by atoms with Gasteiger partial charge in [0.25, 0.3) is 0 Å². The van der Waals surface area contributed by atoms with E-state index < -0.39 is 5.41 Å². The SMILES string of the molecule is CNC1=C(C(=N)N2CCN(C(=O)C3(c4ccc(Cl)cc4)CCNCC3)CC2)[C@H](C)CC1. The third-order valence-electron chi connectivity index (χ3n) is 7.35. The zero-order chi connectivity index (χ0) is 22.0. The van der Waals surface area contributed by atoms with Gasteiger partial charge in [-0.2, -0.15) is 0 Å². The van der Waals surface area contributed by atoms with Crippen LogP contribution in [0.15, 0.2) is 35.5 Å². The van der Waals surface area contributed by atoms with Crippen molar-refractivity contribution in [1.82, 2.24) is 20.4 Å². The Labute approximate surface area is 190 Å². The number of hydrogen-bond donors (Lipinski definition) is 3. The summed E-state index contributed by atoms with van der Waals surface area (Å²) >= 11 is 6.11. The first-order valence-corrected chi connectivity index (χ1v) is 11.8. The lowest BCUT2D eigenvalue weighted by Crippen LogP contribution is -2.57. The smallest absolute Gasteiger partial charge is 0.233 e. The molecule has 0 aromatic heterocycles. The van der Waals surface area contributed by atoms with Crippen molar-refractivity contribution in [2.45, 2.75) is 38.0 Å². The Morgan fingerprint density at radius 1 is 1.13 bits per heavy atom. The molecule has 2 aliphatic heterocycles. The maximum atomic E-state index is 13.8. The van der Waals surface area contributed by atoms with Crippen molar-refractivity contribution in [1.29, 1.82) is 5.41 Å². The van der Waals surface area contributed by atoms with Crippen LogP contribution in [0.3, 0.4) is 0 Å². The summed E-state index contributed by atoms with van der Waals surface area (Å²) in [5, 5.41) is 16.2. The number of benzene rings is 1. The van der Waals surface area contributed by atoms with Crippen LogP contribution in [0.1, 0.15) is 38.2 Å². The Morgan fingerprint density at radius 2 is 1.74 bits per heavy atom. The van der Waals surface area contributed by atoms with Gasteiger partial charge in [0, 0.05) is 49.5 Å². The van der Waals surface area contributed by atoms with E-state index in [1.54, 1.807) is 0 Å². The molecule has 0 saturated carbocycles. The van der Waals surface area contributed by atoms with E-state index in [9.17, 15) is 4.79 Å². The minimum atomic E-state index is -0.479. The number of halogens is 1. The van der Waals surface area contributed by atoms with E-state index in [0.29, 0.717) is 43.0 Å². The molecule has 2 saturated heterocycles. The standard InChI is InChI=1S/C24H34ClN5O/c1-17-3-8-20(27-2)21(17)22(26)29-13-15-30(16-14-29)23(31)24(9-11-28-12-10-24)18-4-6-19(25)7-5-18/h4-7,17,26-28H,3,8-16H2,1-2H3/t17-/m1/s1. The first kappa shape index (κ1) is 22.2. The minimum Gasteiger partial charge on any atom is -0.391 e. The molecule has 0 unspecified atom stereocenters. The molecule has 0 bridgehead atoms. The number of nitrogens with one attached hydrogen (secondary N) is 3. The molecule has 2 fully saturated rings. The highest BCUT2D eigenvalue weighted by molar-refractivity contribution is 6.30. The van der Waals surface area contributed by atoms with E-state index in [1.165, 1.54) is 5.70 Å². The van der Waals surface area contributed by atoms with Crippen molar-refractivity contribution in [2.75, 3.05) is 46.3 Å². The van der Waals surface area contributed by atoms with Crippen molar-refractivity contribution < 1.29 is 4.79 Å². The molecule has 3 aliphatic rings. The van der Waals surface area contributed by atoms with Gasteiger partial charge in [-0.3, -0.25) is 10.2 Å². The molecule has 6 nitrogen and oxygen atoms in total. The first-order chi connectivity index (χ1) is 15.0. The number of allylic oxidation sites excluding steroid dienone is 1. The molecule has 31 heavy (non-hydrogen) atoms. The Balaban J connectivity index is 1.48. The summed E-state index contributed by atoms with van der Waals surface area (Å²) in [6, 6.07) is 7.82. The highest BCUT2D eigenvalue weighted by Crippen LogP contribution is 2.37. The largest absolute Gasteiger partial charge is 0.391 e. The summed E-state index contributed by atoms with van der Waals surface area (Å²) in [4.78, 5) is 18.0. The molecule has 1 aromatic rings. The molecule has 1 aliphatic carbocycles. The number of amidine groups is 1. The quantitative estimate of drug-likeness (QED) is 0.494. The van der Waals surface area contributed by atoms with E-state index in [1.807, 2.05) is 36.2 Å². The van der Waals surface area contributed by atoms with E-state index in [2.05, 4.69) is 22.5 Å². The number of nitrogens with zero attached hydrogens (tertiary/aromatic N) is 2. The molecule has 0 spiro atoms. The van der Waals surface area contributed by atoms with Crippen molar-refractivity contribution in [3.05, 3.63) is 46.1 Å². The molecule has 1 atom stereocenters. The van der Waals surface area contributed by atoms with E-state index in [4.69, 9.17) is 17.0 Å². The molecule has 3 N–H and O–H groups in total. The average molecular weight is 444 g/mol. The van der Waals surface area contributed by atoms with Crippen LogP contribution in [0.5, 0.6) is 0 Å². The van der Waals surface area contributed by atoms with Gasteiger partial charge in [-0.15, -0.1) is 0 Å². The van der Waals surface area contributed by atoms with Crippen molar-refractivity contribution >= 4 is 23.3 Å². The molecular formula is C24H34ClN5O. The third-order valence-corrected chi connectivity index (χ3v) is 7.60. The first-order valence-electron chi connectivity index (χ1n) is 11.5. The van der Waals surface area contributed by atoms with Gasteiger partial charge in [0.05, 0.1) is 5.41 Å². The Bertz CT molecular complexity index is 851. The predicted molar refractivity (Wildman–Crippen MR) is 126 cm³/mol. The number of piperazine rings is 1. The molecular weight excluding hydrogens is 410 g/mol. The second-order valence-electron chi connectivity index (χ2n) is 9.05. The topological polar surface area (TPSA) is 71.5 Å². The van der Waals surface area contributed by atoms with Gasteiger partial charge in [0.2, 0.25) is 5.91 Å². The van der Waals surface area contributed by atoms with Gasteiger partial charge < -0.3 is 20.4 Å². The van der Waals surface area contributed by atoms with Crippen molar-refractivity contribution in [2.24, 2.45) is 5.92 Å². The van der Waals surface area contributed by atoms with Gasteiger partial charge in [-0.1, -0.05) is 30.7 Å². The van der Waals surface area contributed by atoms with Crippen LogP contribution < -0.4 is 10.6 Å². The normalized spacial score (nSPS) is 23.8. The Hall–Kier alpha value is -2.05. The lowest BCUT2D eigenvalue weighted by molar-refractivity contribution is -0.140. The average Bonchev–Trinajstić information content (AvgIpc) is 3.19. The van der Waals surface area contributed by atoms with Crippen LogP contribution >= 0.6 is 11.6 Å². The summed E-state index contributed by atoms with van der Waals surface area (Å²) < 4.78 is 0. The number of piperidine rings is 1. The molecule has 4 rings (SSSR count). The van der Waals surface area contributed by atoms with Crippen molar-refractivity contribution in [3.8, 4) is 0 Å². The second kappa shape index (κ2) is 9.21.